The van der Waals surface area contributed by atoms with Crippen LogP contribution in [-0.4, -0.2) is 16.1 Å². The van der Waals surface area contributed by atoms with Gasteiger partial charge in [0, 0.05) is 22.9 Å². The monoisotopic (exact) mass is 261 g/mol. The Morgan fingerprint density at radius 1 is 1.44 bits per heavy atom. The molecule has 2 rings (SSSR count). The highest BCUT2D eigenvalue weighted by molar-refractivity contribution is 6.30. The number of aromatic amines is 1. The van der Waals surface area contributed by atoms with E-state index in [9.17, 15) is 4.79 Å². The van der Waals surface area contributed by atoms with Crippen molar-refractivity contribution in [3.63, 3.8) is 0 Å². The van der Waals surface area contributed by atoms with Gasteiger partial charge in [-0.05, 0) is 30.7 Å². The summed E-state index contributed by atoms with van der Waals surface area (Å²) in [5.41, 5.74) is 1.76. The molecular weight excluding hydrogens is 250 g/mol. The molecule has 1 aromatic heterocycles. The van der Waals surface area contributed by atoms with Crippen molar-refractivity contribution in [2.75, 3.05) is 5.32 Å². The predicted octanol–water partition coefficient (Wildman–Crippen LogP) is 3.02. The van der Waals surface area contributed by atoms with Crippen molar-refractivity contribution < 1.29 is 4.79 Å². The molecule has 0 atom stereocenters. The predicted molar refractivity (Wildman–Crippen MR) is 72.4 cm³/mol. The molecule has 0 saturated heterocycles. The van der Waals surface area contributed by atoms with Crippen molar-refractivity contribution in [3.05, 3.63) is 52.7 Å². The summed E-state index contributed by atoms with van der Waals surface area (Å²) in [6.45, 7) is 1.87. The minimum atomic E-state index is -0.235. The summed E-state index contributed by atoms with van der Waals surface area (Å²) >= 11 is 5.84. The van der Waals surface area contributed by atoms with E-state index in [1.54, 1.807) is 24.3 Å². The van der Waals surface area contributed by atoms with Crippen LogP contribution in [0.5, 0.6) is 0 Å². The number of nitrogens with one attached hydrogen (secondary N) is 2. The number of amides is 1. The molecule has 18 heavy (non-hydrogen) atoms. The zero-order chi connectivity index (χ0) is 13.0. The number of rotatable bonds is 3. The molecule has 1 amide bonds. The van der Waals surface area contributed by atoms with Gasteiger partial charge in [-0.1, -0.05) is 23.7 Å². The van der Waals surface area contributed by atoms with Crippen molar-refractivity contribution in [1.82, 2.24) is 10.2 Å². The minimum Gasteiger partial charge on any atom is -0.306 e. The molecule has 0 spiro atoms. The van der Waals surface area contributed by atoms with Crippen molar-refractivity contribution >= 4 is 29.4 Å². The highest BCUT2D eigenvalue weighted by Crippen LogP contribution is 2.12. The number of anilines is 1. The molecule has 1 heterocycles. The Labute approximate surface area is 110 Å². The molecule has 4 nitrogen and oxygen atoms in total. The van der Waals surface area contributed by atoms with Crippen LogP contribution in [-0.2, 0) is 4.79 Å². The van der Waals surface area contributed by atoms with Gasteiger partial charge in [-0.3, -0.25) is 9.89 Å². The number of carbonyl (C=O) groups excluding carboxylic acids is 1. The van der Waals surface area contributed by atoms with Crippen molar-refractivity contribution in [2.45, 2.75) is 6.92 Å². The Morgan fingerprint density at radius 2 is 2.28 bits per heavy atom. The summed E-state index contributed by atoms with van der Waals surface area (Å²) in [5, 5.41) is 9.95. The zero-order valence-corrected chi connectivity index (χ0v) is 10.5. The summed E-state index contributed by atoms with van der Waals surface area (Å²) in [7, 11) is 0. The molecule has 0 unspecified atom stereocenters. The van der Waals surface area contributed by atoms with Gasteiger partial charge >= 0.3 is 0 Å². The molecule has 2 N–H and O–H groups in total. The average molecular weight is 262 g/mol. The van der Waals surface area contributed by atoms with E-state index in [4.69, 9.17) is 11.6 Å². The highest BCUT2D eigenvalue weighted by Gasteiger charge is 2.00. The topological polar surface area (TPSA) is 57.8 Å². The van der Waals surface area contributed by atoms with E-state index in [0.717, 1.165) is 11.3 Å². The van der Waals surface area contributed by atoms with Crippen LogP contribution in [0.1, 0.15) is 11.3 Å². The van der Waals surface area contributed by atoms with Crippen molar-refractivity contribution in [1.29, 1.82) is 0 Å². The lowest BCUT2D eigenvalue weighted by atomic mass is 10.2. The van der Waals surface area contributed by atoms with Gasteiger partial charge in [-0.15, -0.1) is 0 Å². The number of hydrogen-bond donors (Lipinski definition) is 2. The van der Waals surface area contributed by atoms with Crippen LogP contribution < -0.4 is 5.32 Å². The second kappa shape index (κ2) is 5.51. The van der Waals surface area contributed by atoms with Crippen LogP contribution >= 0.6 is 11.6 Å². The largest absolute Gasteiger partial charge is 0.306 e. The second-order valence-corrected chi connectivity index (χ2v) is 4.25. The lowest BCUT2D eigenvalue weighted by Crippen LogP contribution is -2.07. The van der Waals surface area contributed by atoms with Gasteiger partial charge in [0.1, 0.15) is 0 Å². The smallest absolute Gasteiger partial charge is 0.249 e. The van der Waals surface area contributed by atoms with E-state index >= 15 is 0 Å². The Kier molecular flexibility index (Phi) is 3.79. The van der Waals surface area contributed by atoms with E-state index in [0.29, 0.717) is 10.8 Å². The molecule has 1 aromatic carbocycles. The summed E-state index contributed by atoms with van der Waals surface area (Å²) in [4.78, 5) is 11.6. The molecule has 0 bridgehead atoms. The molecule has 5 heteroatoms. The fourth-order valence-corrected chi connectivity index (χ4v) is 1.63. The molecular formula is C13H12ClN3O. The molecule has 0 aliphatic carbocycles. The number of H-pyrrole nitrogens is 1. The van der Waals surface area contributed by atoms with Gasteiger partial charge in [-0.2, -0.15) is 5.10 Å². The fourth-order valence-electron chi connectivity index (χ4n) is 1.43. The number of benzene rings is 1. The van der Waals surface area contributed by atoms with Gasteiger partial charge in [0.25, 0.3) is 0 Å². The maximum Gasteiger partial charge on any atom is 0.249 e. The fraction of sp³-hybridized carbons (Fsp3) is 0.0769. The summed E-state index contributed by atoms with van der Waals surface area (Å²) < 4.78 is 0. The number of aryl methyl sites for hydroxylation is 1. The average Bonchev–Trinajstić information content (AvgIpc) is 2.72. The van der Waals surface area contributed by atoms with Crippen LogP contribution in [0.3, 0.4) is 0 Å². The van der Waals surface area contributed by atoms with E-state index in [-0.39, 0.29) is 5.91 Å². The van der Waals surface area contributed by atoms with Gasteiger partial charge in [-0.25, -0.2) is 0 Å². The second-order valence-electron chi connectivity index (χ2n) is 3.81. The highest BCUT2D eigenvalue weighted by atomic mass is 35.5. The molecule has 0 aliphatic rings. The standard InChI is InChI=1S/C13H12ClN3O/c1-9-7-12(17-16-9)15-13(18)6-5-10-3-2-4-11(14)8-10/h2-8H,1H3,(H2,15,16,17,18)/b6-5+. The third kappa shape index (κ3) is 3.46. The van der Waals surface area contributed by atoms with Gasteiger partial charge in [0.05, 0.1) is 0 Å². The van der Waals surface area contributed by atoms with Gasteiger partial charge < -0.3 is 5.32 Å². The normalized spacial score (nSPS) is 10.8. The number of hydrogen-bond acceptors (Lipinski definition) is 2. The summed E-state index contributed by atoms with van der Waals surface area (Å²) in [6, 6.07) is 9.02. The lowest BCUT2D eigenvalue weighted by Gasteiger charge is -1.96. The number of carbonyl (C=O) groups is 1. The molecule has 2 aromatic rings. The third-order valence-corrected chi connectivity index (χ3v) is 2.47. The summed E-state index contributed by atoms with van der Waals surface area (Å²) in [6.07, 6.45) is 3.14. The van der Waals surface area contributed by atoms with Crippen LogP contribution in [0.25, 0.3) is 6.08 Å². The van der Waals surface area contributed by atoms with E-state index in [2.05, 4.69) is 15.5 Å². The number of halogens is 1. The Morgan fingerprint density at radius 3 is 2.94 bits per heavy atom. The number of aromatic nitrogens is 2. The number of nitrogens with zero attached hydrogens (tertiary/aromatic N) is 1. The summed E-state index contributed by atoms with van der Waals surface area (Å²) in [5.74, 6) is 0.273. The molecule has 0 fully saturated rings. The first kappa shape index (κ1) is 12.4. The van der Waals surface area contributed by atoms with Crippen molar-refractivity contribution in [2.24, 2.45) is 0 Å². The maximum absolute atomic E-state index is 11.6. The van der Waals surface area contributed by atoms with Crippen LogP contribution in [0.2, 0.25) is 5.02 Å². The van der Waals surface area contributed by atoms with Gasteiger partial charge in [0.2, 0.25) is 5.91 Å². The van der Waals surface area contributed by atoms with Crippen molar-refractivity contribution in [3.8, 4) is 0 Å². The molecule has 0 saturated carbocycles. The third-order valence-electron chi connectivity index (χ3n) is 2.23. The molecule has 0 aliphatic heterocycles. The minimum absolute atomic E-state index is 0.235. The molecule has 92 valence electrons. The Hall–Kier alpha value is -2.07. The Bertz CT molecular complexity index is 589. The van der Waals surface area contributed by atoms with E-state index in [1.165, 1.54) is 6.08 Å². The van der Waals surface area contributed by atoms with E-state index < -0.39 is 0 Å². The Balaban J connectivity index is 1.99. The van der Waals surface area contributed by atoms with Crippen LogP contribution in [0.4, 0.5) is 5.82 Å². The maximum atomic E-state index is 11.6. The van der Waals surface area contributed by atoms with E-state index in [1.807, 2.05) is 19.1 Å². The SMILES string of the molecule is Cc1cc(NC(=O)/C=C/c2cccc(Cl)c2)n[nH]1. The first-order valence-corrected chi connectivity index (χ1v) is 5.78. The first-order chi connectivity index (χ1) is 8.63. The first-order valence-electron chi connectivity index (χ1n) is 5.40. The van der Waals surface area contributed by atoms with Crippen LogP contribution in [0.15, 0.2) is 36.4 Å². The quantitative estimate of drug-likeness (QED) is 0.835. The van der Waals surface area contributed by atoms with Crippen LogP contribution in [0, 0.1) is 6.92 Å². The molecule has 0 radical (unpaired) electrons. The lowest BCUT2D eigenvalue weighted by molar-refractivity contribution is -0.111. The zero-order valence-electron chi connectivity index (χ0n) is 9.77. The van der Waals surface area contributed by atoms with Gasteiger partial charge in [0.15, 0.2) is 5.82 Å².